The number of pyridine rings is 1. The van der Waals surface area contributed by atoms with Gasteiger partial charge in [-0.05, 0) is 24.5 Å². The molecule has 0 spiro atoms. The van der Waals surface area contributed by atoms with E-state index in [1.165, 1.54) is 0 Å². The molecular formula is C13H21N3O. The summed E-state index contributed by atoms with van der Waals surface area (Å²) in [6.07, 6.45) is 2.53. The number of nitrogens with one attached hydrogen (secondary N) is 2. The summed E-state index contributed by atoms with van der Waals surface area (Å²) >= 11 is 0. The maximum absolute atomic E-state index is 11.9. The molecule has 0 bridgehead atoms. The molecule has 1 aromatic rings. The number of carbonyl (C=O) groups is 1. The quantitative estimate of drug-likeness (QED) is 0.823. The summed E-state index contributed by atoms with van der Waals surface area (Å²) in [5.74, 6) is 1.15. The van der Waals surface area contributed by atoms with Crippen LogP contribution >= 0.6 is 0 Å². The van der Waals surface area contributed by atoms with Gasteiger partial charge >= 0.3 is 0 Å². The number of amides is 1. The molecule has 1 atom stereocenters. The first kappa shape index (κ1) is 13.5. The summed E-state index contributed by atoms with van der Waals surface area (Å²) in [5, 5.41) is 5.94. The van der Waals surface area contributed by atoms with Gasteiger partial charge in [0.05, 0.1) is 5.56 Å². The molecule has 0 aliphatic rings. The predicted octanol–water partition coefficient (Wildman–Crippen LogP) is 2.29. The van der Waals surface area contributed by atoms with E-state index in [9.17, 15) is 4.79 Å². The third-order valence-corrected chi connectivity index (χ3v) is 2.84. The molecule has 0 fully saturated rings. The van der Waals surface area contributed by atoms with Crippen molar-refractivity contribution >= 4 is 11.7 Å². The molecule has 1 heterocycles. The number of hydrogen-bond acceptors (Lipinski definition) is 3. The highest BCUT2D eigenvalue weighted by Gasteiger charge is 2.15. The molecule has 0 saturated heterocycles. The molecule has 1 amide bonds. The van der Waals surface area contributed by atoms with Crippen LogP contribution in [0, 0.1) is 5.92 Å². The number of rotatable bonds is 5. The normalized spacial score (nSPS) is 12.3. The van der Waals surface area contributed by atoms with E-state index in [2.05, 4.69) is 36.4 Å². The van der Waals surface area contributed by atoms with Crippen molar-refractivity contribution in [2.45, 2.75) is 33.2 Å². The third-order valence-electron chi connectivity index (χ3n) is 2.84. The maximum atomic E-state index is 11.9. The SMILES string of the molecule is CCC(NC(=O)c1ccc(NC)nc1)C(C)C. The van der Waals surface area contributed by atoms with E-state index in [4.69, 9.17) is 0 Å². The Morgan fingerprint density at radius 3 is 2.53 bits per heavy atom. The monoisotopic (exact) mass is 235 g/mol. The van der Waals surface area contributed by atoms with Crippen molar-refractivity contribution < 1.29 is 4.79 Å². The van der Waals surface area contributed by atoms with Crippen LogP contribution in [-0.4, -0.2) is 24.0 Å². The lowest BCUT2D eigenvalue weighted by Crippen LogP contribution is -2.38. The first-order chi connectivity index (χ1) is 8.08. The smallest absolute Gasteiger partial charge is 0.253 e. The molecule has 0 aromatic carbocycles. The molecule has 1 aromatic heterocycles. The molecule has 4 nitrogen and oxygen atoms in total. The van der Waals surface area contributed by atoms with Crippen molar-refractivity contribution in [3.8, 4) is 0 Å². The Bertz CT molecular complexity index is 359. The van der Waals surface area contributed by atoms with Crippen LogP contribution in [0.4, 0.5) is 5.82 Å². The van der Waals surface area contributed by atoms with Gasteiger partial charge in [-0.25, -0.2) is 4.98 Å². The summed E-state index contributed by atoms with van der Waals surface area (Å²) in [7, 11) is 1.80. The van der Waals surface area contributed by atoms with E-state index in [0.717, 1.165) is 12.2 Å². The Morgan fingerprint density at radius 2 is 2.12 bits per heavy atom. The molecule has 0 radical (unpaired) electrons. The van der Waals surface area contributed by atoms with Gasteiger partial charge < -0.3 is 10.6 Å². The van der Waals surface area contributed by atoms with E-state index in [1.807, 2.05) is 0 Å². The first-order valence-corrected chi connectivity index (χ1v) is 6.03. The van der Waals surface area contributed by atoms with Gasteiger partial charge in [0.25, 0.3) is 5.91 Å². The van der Waals surface area contributed by atoms with Crippen LogP contribution in [0.15, 0.2) is 18.3 Å². The van der Waals surface area contributed by atoms with E-state index in [1.54, 1.807) is 25.4 Å². The molecule has 2 N–H and O–H groups in total. The van der Waals surface area contributed by atoms with Crippen LogP contribution in [-0.2, 0) is 0 Å². The Hall–Kier alpha value is -1.58. The second-order valence-corrected chi connectivity index (χ2v) is 4.41. The van der Waals surface area contributed by atoms with Crippen molar-refractivity contribution in [1.29, 1.82) is 0 Å². The summed E-state index contributed by atoms with van der Waals surface area (Å²) in [6, 6.07) is 3.79. The molecule has 0 aliphatic heterocycles. The van der Waals surface area contributed by atoms with Gasteiger partial charge in [-0.15, -0.1) is 0 Å². The van der Waals surface area contributed by atoms with Gasteiger partial charge in [-0.3, -0.25) is 4.79 Å². The maximum Gasteiger partial charge on any atom is 0.253 e. The Labute approximate surface area is 103 Å². The number of carbonyl (C=O) groups excluding carboxylic acids is 1. The van der Waals surface area contributed by atoms with Gasteiger partial charge in [0.2, 0.25) is 0 Å². The van der Waals surface area contributed by atoms with Crippen LogP contribution in [0.1, 0.15) is 37.6 Å². The molecule has 1 unspecified atom stereocenters. The van der Waals surface area contributed by atoms with Crippen molar-refractivity contribution in [1.82, 2.24) is 10.3 Å². The fourth-order valence-corrected chi connectivity index (χ4v) is 1.67. The van der Waals surface area contributed by atoms with Crippen LogP contribution in [0.2, 0.25) is 0 Å². The number of hydrogen-bond donors (Lipinski definition) is 2. The first-order valence-electron chi connectivity index (χ1n) is 6.03. The Balaban J connectivity index is 2.68. The second-order valence-electron chi connectivity index (χ2n) is 4.41. The number of nitrogens with zero attached hydrogens (tertiary/aromatic N) is 1. The van der Waals surface area contributed by atoms with E-state index in [-0.39, 0.29) is 11.9 Å². The second kappa shape index (κ2) is 6.23. The minimum atomic E-state index is -0.0549. The highest BCUT2D eigenvalue weighted by Crippen LogP contribution is 2.08. The van der Waals surface area contributed by atoms with Crippen molar-refractivity contribution in [3.05, 3.63) is 23.9 Å². The van der Waals surface area contributed by atoms with Crippen LogP contribution in [0.5, 0.6) is 0 Å². The van der Waals surface area contributed by atoms with Gasteiger partial charge in [-0.1, -0.05) is 20.8 Å². The van der Waals surface area contributed by atoms with Crippen molar-refractivity contribution in [2.75, 3.05) is 12.4 Å². The fraction of sp³-hybridized carbons (Fsp3) is 0.538. The Kier molecular flexibility index (Phi) is 4.94. The predicted molar refractivity (Wildman–Crippen MR) is 70.2 cm³/mol. The van der Waals surface area contributed by atoms with Gasteiger partial charge in [0, 0.05) is 19.3 Å². The summed E-state index contributed by atoms with van der Waals surface area (Å²) < 4.78 is 0. The minimum absolute atomic E-state index is 0.0549. The summed E-state index contributed by atoms with van der Waals surface area (Å²) in [6.45, 7) is 6.29. The topological polar surface area (TPSA) is 54.0 Å². The van der Waals surface area contributed by atoms with Crippen LogP contribution < -0.4 is 10.6 Å². The molecular weight excluding hydrogens is 214 g/mol. The molecule has 17 heavy (non-hydrogen) atoms. The molecule has 94 valence electrons. The highest BCUT2D eigenvalue weighted by molar-refractivity contribution is 5.94. The average molecular weight is 235 g/mol. The van der Waals surface area contributed by atoms with E-state index >= 15 is 0 Å². The van der Waals surface area contributed by atoms with Crippen molar-refractivity contribution in [3.63, 3.8) is 0 Å². The van der Waals surface area contributed by atoms with E-state index < -0.39 is 0 Å². The highest BCUT2D eigenvalue weighted by atomic mass is 16.1. The van der Waals surface area contributed by atoms with Crippen LogP contribution in [0.3, 0.4) is 0 Å². The summed E-state index contributed by atoms with van der Waals surface area (Å²) in [5.41, 5.74) is 0.600. The fourth-order valence-electron chi connectivity index (χ4n) is 1.67. The zero-order chi connectivity index (χ0) is 12.8. The molecule has 4 heteroatoms. The molecule has 0 saturated carbocycles. The third kappa shape index (κ3) is 3.73. The Morgan fingerprint density at radius 1 is 1.41 bits per heavy atom. The largest absolute Gasteiger partial charge is 0.373 e. The average Bonchev–Trinajstić information content (AvgIpc) is 2.35. The summed E-state index contributed by atoms with van der Waals surface area (Å²) in [4.78, 5) is 16.1. The zero-order valence-electron chi connectivity index (χ0n) is 10.9. The molecule has 0 aliphatic carbocycles. The van der Waals surface area contributed by atoms with Gasteiger partial charge in [-0.2, -0.15) is 0 Å². The van der Waals surface area contributed by atoms with Gasteiger partial charge in [0.15, 0.2) is 0 Å². The van der Waals surface area contributed by atoms with E-state index in [0.29, 0.717) is 11.5 Å². The van der Waals surface area contributed by atoms with Crippen LogP contribution in [0.25, 0.3) is 0 Å². The number of aromatic nitrogens is 1. The van der Waals surface area contributed by atoms with Gasteiger partial charge in [0.1, 0.15) is 5.82 Å². The lowest BCUT2D eigenvalue weighted by molar-refractivity contribution is 0.0924. The lowest BCUT2D eigenvalue weighted by atomic mass is 10.0. The molecule has 1 rings (SSSR count). The minimum Gasteiger partial charge on any atom is -0.373 e. The van der Waals surface area contributed by atoms with Crippen molar-refractivity contribution in [2.24, 2.45) is 5.92 Å². The zero-order valence-corrected chi connectivity index (χ0v) is 10.9. The lowest BCUT2D eigenvalue weighted by Gasteiger charge is -2.20. The standard InChI is InChI=1S/C13H21N3O/c1-5-11(9(2)3)16-13(17)10-6-7-12(14-4)15-8-10/h6-9,11H,5H2,1-4H3,(H,14,15)(H,16,17). The number of anilines is 1.